The lowest BCUT2D eigenvalue weighted by Crippen LogP contribution is -2.23. The van der Waals surface area contributed by atoms with Gasteiger partial charge in [-0.15, -0.1) is 6.58 Å². The van der Waals surface area contributed by atoms with Crippen molar-refractivity contribution >= 4 is 28.4 Å². The summed E-state index contributed by atoms with van der Waals surface area (Å²) in [6, 6.07) is 7.09. The number of halogens is 1. The van der Waals surface area contributed by atoms with E-state index >= 15 is 0 Å². The van der Waals surface area contributed by atoms with Crippen LogP contribution in [0.15, 0.2) is 48.0 Å². The highest BCUT2D eigenvalue weighted by molar-refractivity contribution is 5.85. The van der Waals surface area contributed by atoms with E-state index in [1.54, 1.807) is 24.3 Å². The van der Waals surface area contributed by atoms with Gasteiger partial charge in [-0.25, -0.2) is 9.37 Å². The minimum absolute atomic E-state index is 0.0609. The molecule has 7 nitrogen and oxygen atoms in total. The highest BCUT2D eigenvalue weighted by Crippen LogP contribution is 2.13. The van der Waals surface area contributed by atoms with Crippen LogP contribution in [0.1, 0.15) is 46.5 Å². The number of rotatable bonds is 9. The number of ketones is 2. The van der Waals surface area contributed by atoms with Crippen LogP contribution in [0.3, 0.4) is 0 Å². The average Bonchev–Trinajstić information content (AvgIpc) is 2.73. The number of allylic oxidation sites excluding steroid dienone is 1. The molecule has 1 heterocycles. The molecule has 1 unspecified atom stereocenters. The number of aliphatic carboxylic acids is 1. The lowest BCUT2D eigenvalue weighted by Gasteiger charge is -2.09. The first-order valence-electron chi connectivity index (χ1n) is 10.1. The van der Waals surface area contributed by atoms with Gasteiger partial charge in [-0.1, -0.05) is 38.5 Å². The fourth-order valence-electron chi connectivity index (χ4n) is 2.47. The number of carboxylic acid groups (broad SMARTS) is 1. The minimum Gasteiger partial charge on any atom is -0.481 e. The summed E-state index contributed by atoms with van der Waals surface area (Å²) in [7, 11) is 0. The normalized spacial score (nSPS) is 10.7. The summed E-state index contributed by atoms with van der Waals surface area (Å²) in [6.07, 6.45) is 4.84. The summed E-state index contributed by atoms with van der Waals surface area (Å²) < 4.78 is 13.3. The van der Waals surface area contributed by atoms with Crippen molar-refractivity contribution in [1.82, 2.24) is 9.55 Å². The van der Waals surface area contributed by atoms with Gasteiger partial charge in [-0.05, 0) is 31.9 Å². The molecule has 0 aliphatic heterocycles. The Kier molecular flexibility index (Phi) is 14.1. The van der Waals surface area contributed by atoms with Crippen LogP contribution >= 0.6 is 0 Å². The van der Waals surface area contributed by atoms with Gasteiger partial charge in [0.15, 0.2) is 5.78 Å². The lowest BCUT2D eigenvalue weighted by molar-refractivity contribution is -0.141. The molecule has 1 N–H and O–H groups in total. The van der Waals surface area contributed by atoms with Crippen LogP contribution in [-0.4, -0.2) is 38.9 Å². The molecular formula is C23H31FN2O5. The molecule has 31 heavy (non-hydrogen) atoms. The molecule has 0 saturated carbocycles. The van der Waals surface area contributed by atoms with Gasteiger partial charge in [0.2, 0.25) is 0 Å². The van der Waals surface area contributed by atoms with Gasteiger partial charge in [0.05, 0.1) is 30.2 Å². The van der Waals surface area contributed by atoms with Gasteiger partial charge in [0.25, 0.3) is 5.56 Å². The lowest BCUT2D eigenvalue weighted by atomic mass is 9.95. The molecule has 2 aromatic rings. The highest BCUT2D eigenvalue weighted by Gasteiger charge is 2.20. The molecule has 0 amide bonds. The Labute approximate surface area is 181 Å². The van der Waals surface area contributed by atoms with Gasteiger partial charge in [-0.3, -0.25) is 23.7 Å². The molecule has 8 heteroatoms. The zero-order valence-electron chi connectivity index (χ0n) is 18.3. The predicted octanol–water partition coefficient (Wildman–Crippen LogP) is 3.98. The van der Waals surface area contributed by atoms with Crippen LogP contribution in [0.4, 0.5) is 4.39 Å². The molecule has 0 saturated heterocycles. The van der Waals surface area contributed by atoms with Crippen LogP contribution in [0.25, 0.3) is 10.9 Å². The van der Waals surface area contributed by atoms with Gasteiger partial charge < -0.3 is 5.11 Å². The van der Waals surface area contributed by atoms with E-state index in [0.29, 0.717) is 23.7 Å². The Bertz CT molecular complexity index is 924. The molecule has 0 radical (unpaired) electrons. The maximum atomic E-state index is 11.9. The van der Waals surface area contributed by atoms with Gasteiger partial charge in [-0.2, -0.15) is 0 Å². The first-order chi connectivity index (χ1) is 14.7. The third-order valence-electron chi connectivity index (χ3n) is 3.85. The second-order valence-corrected chi connectivity index (χ2v) is 6.86. The van der Waals surface area contributed by atoms with Crippen molar-refractivity contribution in [3.8, 4) is 0 Å². The van der Waals surface area contributed by atoms with E-state index in [9.17, 15) is 23.6 Å². The number of para-hydroxylation sites is 1. The van der Waals surface area contributed by atoms with Crippen LogP contribution in [0.2, 0.25) is 0 Å². The quantitative estimate of drug-likeness (QED) is 0.598. The zero-order chi connectivity index (χ0) is 23.8. The second kappa shape index (κ2) is 15.6. The Morgan fingerprint density at radius 2 is 1.87 bits per heavy atom. The van der Waals surface area contributed by atoms with Crippen LogP contribution in [-0.2, 0) is 20.9 Å². The molecular weight excluding hydrogens is 403 g/mol. The summed E-state index contributed by atoms with van der Waals surface area (Å²) in [6.45, 7) is 8.13. The minimum atomic E-state index is -1.09. The highest BCUT2D eigenvalue weighted by atomic mass is 19.1. The van der Waals surface area contributed by atoms with Gasteiger partial charge in [0, 0.05) is 5.92 Å². The molecule has 1 aromatic heterocycles. The third-order valence-corrected chi connectivity index (χ3v) is 3.85. The average molecular weight is 435 g/mol. The molecule has 170 valence electrons. The first-order valence-corrected chi connectivity index (χ1v) is 10.1. The maximum Gasteiger partial charge on any atom is 0.304 e. The first kappa shape index (κ1) is 27.8. The number of carboxylic acids is 1. The number of fused-ring (bicyclic) bond motifs is 1. The van der Waals surface area contributed by atoms with E-state index in [4.69, 9.17) is 5.11 Å². The summed E-state index contributed by atoms with van der Waals surface area (Å²) in [5.74, 6) is -2.48. The maximum absolute atomic E-state index is 11.9. The fourth-order valence-corrected chi connectivity index (χ4v) is 2.47. The van der Waals surface area contributed by atoms with Crippen molar-refractivity contribution in [3.05, 3.63) is 53.6 Å². The standard InChI is InChI=1S/C11H10N2O2.C9H13FO3.C3H8/c1-8(14)6-13-7-12-10-5-3-2-4-9(10)11(13)15;1-2-3-4-7(5-9(12)13)8(11)6-10;1-3-2/h2-5,7H,6H2,1H3;2,7H,1,3-6H2,(H,12,13);3H2,1-2H3. The molecule has 0 aliphatic rings. The topological polar surface area (TPSA) is 106 Å². The van der Waals surface area contributed by atoms with Crippen molar-refractivity contribution in [1.29, 1.82) is 0 Å². The Morgan fingerprint density at radius 3 is 2.39 bits per heavy atom. The van der Waals surface area contributed by atoms with Gasteiger partial charge >= 0.3 is 5.97 Å². The number of carbonyl (C=O) groups is 3. The molecule has 0 bridgehead atoms. The molecule has 2 rings (SSSR count). The largest absolute Gasteiger partial charge is 0.481 e. The van der Waals surface area contributed by atoms with E-state index in [1.807, 2.05) is 6.07 Å². The molecule has 0 fully saturated rings. The molecule has 1 atom stereocenters. The summed E-state index contributed by atoms with van der Waals surface area (Å²) in [5.41, 5.74) is 0.484. The zero-order valence-corrected chi connectivity index (χ0v) is 18.3. The monoisotopic (exact) mass is 434 g/mol. The van der Waals surface area contributed by atoms with Gasteiger partial charge in [0.1, 0.15) is 12.5 Å². The Morgan fingerprint density at radius 1 is 1.26 bits per heavy atom. The Hall–Kier alpha value is -3.16. The van der Waals surface area contributed by atoms with E-state index in [1.165, 1.54) is 24.2 Å². The number of carbonyl (C=O) groups excluding carboxylic acids is 2. The number of hydrogen-bond acceptors (Lipinski definition) is 5. The van der Waals surface area contributed by atoms with Crippen molar-refractivity contribution in [2.45, 2.75) is 53.0 Å². The second-order valence-electron chi connectivity index (χ2n) is 6.86. The molecule has 0 aliphatic carbocycles. The van der Waals surface area contributed by atoms with Crippen molar-refractivity contribution in [3.63, 3.8) is 0 Å². The number of alkyl halides is 1. The van der Waals surface area contributed by atoms with Crippen molar-refractivity contribution in [2.24, 2.45) is 5.92 Å². The van der Waals surface area contributed by atoms with E-state index in [2.05, 4.69) is 25.4 Å². The summed E-state index contributed by atoms with van der Waals surface area (Å²) >= 11 is 0. The van der Waals surface area contributed by atoms with Crippen molar-refractivity contribution < 1.29 is 23.9 Å². The fraction of sp³-hybridized carbons (Fsp3) is 0.435. The van der Waals surface area contributed by atoms with Crippen LogP contribution in [0, 0.1) is 5.92 Å². The SMILES string of the molecule is C=CCCC(CC(=O)O)C(=O)CF.CC(=O)Cn1cnc2ccccc2c1=O.CCC. The number of hydrogen-bond donors (Lipinski definition) is 1. The third kappa shape index (κ3) is 11.0. The van der Waals surface area contributed by atoms with Crippen LogP contribution in [0.5, 0.6) is 0 Å². The smallest absolute Gasteiger partial charge is 0.304 e. The summed E-state index contributed by atoms with van der Waals surface area (Å²) in [5, 5.41) is 8.97. The number of benzene rings is 1. The van der Waals surface area contributed by atoms with Crippen molar-refractivity contribution in [2.75, 3.05) is 6.67 Å². The molecule has 0 spiro atoms. The van der Waals surface area contributed by atoms with E-state index < -0.39 is 24.3 Å². The van der Waals surface area contributed by atoms with E-state index in [-0.39, 0.29) is 24.3 Å². The van der Waals surface area contributed by atoms with Crippen LogP contribution < -0.4 is 5.56 Å². The Balaban J connectivity index is 0.000000521. The number of aromatic nitrogens is 2. The van der Waals surface area contributed by atoms with E-state index in [0.717, 1.165) is 0 Å². The molecule has 1 aromatic carbocycles. The predicted molar refractivity (Wildman–Crippen MR) is 119 cm³/mol. The number of nitrogens with zero attached hydrogens (tertiary/aromatic N) is 2. The summed E-state index contributed by atoms with van der Waals surface area (Å²) in [4.78, 5) is 48.0. The number of Topliss-reactive ketones (excluding diaryl/α,β-unsaturated/α-hetero) is 2.